The van der Waals surface area contributed by atoms with E-state index in [2.05, 4.69) is 22.7 Å². The molecule has 0 unspecified atom stereocenters. The lowest BCUT2D eigenvalue weighted by atomic mass is 9.99. The van der Waals surface area contributed by atoms with Gasteiger partial charge in [-0.2, -0.15) is 5.10 Å². The Kier molecular flexibility index (Phi) is 10.2. The van der Waals surface area contributed by atoms with E-state index >= 15 is 0 Å². The number of benzene rings is 2. The number of hydrogen-bond donors (Lipinski definition) is 2. The zero-order valence-electron chi connectivity index (χ0n) is 26.1. The Hall–Kier alpha value is -4.16. The molecule has 0 spiro atoms. The number of nitrogens with zero attached hydrogens (tertiary/aromatic N) is 4. The van der Waals surface area contributed by atoms with Crippen molar-refractivity contribution < 1.29 is 22.7 Å². The molecule has 1 aliphatic heterocycles. The predicted molar refractivity (Wildman–Crippen MR) is 175 cm³/mol. The molecule has 240 valence electrons. The first-order valence-electron chi connectivity index (χ1n) is 15.6. The molecule has 0 saturated carbocycles. The van der Waals surface area contributed by atoms with E-state index in [1.54, 1.807) is 19.2 Å². The summed E-state index contributed by atoms with van der Waals surface area (Å²) in [5.74, 6) is -0.381. The number of nitrogens with one attached hydrogen (secondary N) is 2. The van der Waals surface area contributed by atoms with Crippen LogP contribution < -0.4 is 14.9 Å². The summed E-state index contributed by atoms with van der Waals surface area (Å²) in [5, 5.41) is 11.7. The zero-order chi connectivity index (χ0) is 32.0. The first-order chi connectivity index (χ1) is 21.8. The van der Waals surface area contributed by atoms with Gasteiger partial charge in [-0.1, -0.05) is 43.7 Å². The third-order valence-corrected chi connectivity index (χ3v) is 10.1. The van der Waals surface area contributed by atoms with Crippen molar-refractivity contribution in [1.82, 2.24) is 25.0 Å². The van der Waals surface area contributed by atoms with Gasteiger partial charge in [-0.15, -0.1) is 0 Å². The summed E-state index contributed by atoms with van der Waals surface area (Å²) in [7, 11) is -3.57. The quantitative estimate of drug-likeness (QED) is 0.191. The van der Waals surface area contributed by atoms with Crippen LogP contribution in [0.15, 0.2) is 61.1 Å². The van der Waals surface area contributed by atoms with Crippen molar-refractivity contribution in [1.29, 1.82) is 0 Å². The maximum atomic E-state index is 14.1. The minimum absolute atomic E-state index is 0.0114. The number of ether oxygens (including phenoxy) is 1. The van der Waals surface area contributed by atoms with Gasteiger partial charge >= 0.3 is 0 Å². The molecule has 0 bridgehead atoms. The Labute approximate surface area is 264 Å². The number of rotatable bonds is 15. The van der Waals surface area contributed by atoms with E-state index in [9.17, 15) is 18.0 Å². The van der Waals surface area contributed by atoms with Crippen LogP contribution in [0.25, 0.3) is 10.9 Å². The van der Waals surface area contributed by atoms with Gasteiger partial charge in [0.1, 0.15) is 6.10 Å². The fraction of sp³-hybridized carbons (Fsp3) is 0.424. The van der Waals surface area contributed by atoms with Crippen LogP contribution in [0.2, 0.25) is 0 Å². The van der Waals surface area contributed by atoms with Crippen LogP contribution in [0.1, 0.15) is 54.2 Å². The smallest absolute Gasteiger partial charge is 0.293 e. The molecule has 4 aromatic rings. The number of sulfonamides is 1. The second-order valence-corrected chi connectivity index (χ2v) is 13.4. The Bertz CT molecular complexity index is 1730. The summed E-state index contributed by atoms with van der Waals surface area (Å²) in [6.45, 7) is 8.52. The van der Waals surface area contributed by atoms with Gasteiger partial charge in [-0.3, -0.25) is 18.6 Å². The number of carbonyl (C=O) groups is 2. The first-order valence-corrected chi connectivity index (χ1v) is 17.2. The summed E-state index contributed by atoms with van der Waals surface area (Å²) in [4.78, 5) is 25.7. The van der Waals surface area contributed by atoms with E-state index in [4.69, 9.17) is 4.74 Å². The standard InChI is InChI=1S/C33H42N6O5S/c1-4-10-26-22-37-13-14-45(42,43)39(6-3)30-17-27(16-28(26)32(30)37)33(41)36-29(15-24-11-8-7-9-12-24)31(44-23-40)20-34-18-25-19-35-38(5-2)21-25/h7-9,11-12,16-17,19,21-23,29,31,34H,4-6,10,13-15,18,20H2,1-3H3,(H,36,41)/t29-,31+/m0/s1. The monoisotopic (exact) mass is 634 g/mol. The van der Waals surface area contributed by atoms with Crippen molar-refractivity contribution in [2.45, 2.75) is 71.8 Å². The fourth-order valence-electron chi connectivity index (χ4n) is 6.08. The van der Waals surface area contributed by atoms with Crippen LogP contribution in [0.5, 0.6) is 0 Å². The summed E-state index contributed by atoms with van der Waals surface area (Å²) in [5.41, 5.74) is 4.74. The molecular weight excluding hydrogens is 592 g/mol. The van der Waals surface area contributed by atoms with Crippen LogP contribution in [-0.2, 0) is 52.0 Å². The summed E-state index contributed by atoms with van der Waals surface area (Å²) in [6.07, 6.45) is 7.23. The second kappa shape index (κ2) is 14.3. The van der Waals surface area contributed by atoms with Gasteiger partial charge in [-0.25, -0.2) is 8.42 Å². The van der Waals surface area contributed by atoms with Crippen LogP contribution in [-0.4, -0.2) is 66.1 Å². The third kappa shape index (κ3) is 7.23. The van der Waals surface area contributed by atoms with E-state index in [1.165, 1.54) is 4.31 Å². The van der Waals surface area contributed by atoms with Crippen molar-refractivity contribution >= 4 is 39.0 Å². The second-order valence-electron chi connectivity index (χ2n) is 11.3. The molecule has 2 aromatic carbocycles. The molecule has 0 aliphatic carbocycles. The lowest BCUT2D eigenvalue weighted by Crippen LogP contribution is -2.50. The van der Waals surface area contributed by atoms with Gasteiger partial charge in [0.2, 0.25) is 10.0 Å². The van der Waals surface area contributed by atoms with Crippen molar-refractivity contribution in [2.75, 3.05) is 23.1 Å². The highest BCUT2D eigenvalue weighted by Gasteiger charge is 2.31. The van der Waals surface area contributed by atoms with Crippen LogP contribution >= 0.6 is 0 Å². The third-order valence-electron chi connectivity index (χ3n) is 8.28. The SMILES string of the molecule is CCCc1cn2c3c(cc(C(=O)N[C@@H](Cc4ccccc4)[C@@H](CNCc4cnn(CC)c4)OC=O)cc13)N(CC)S(=O)(=O)CC2. The summed E-state index contributed by atoms with van der Waals surface area (Å²) >= 11 is 0. The van der Waals surface area contributed by atoms with Gasteiger partial charge in [-0.05, 0) is 49.9 Å². The summed E-state index contributed by atoms with van der Waals surface area (Å²) in [6, 6.07) is 12.7. The van der Waals surface area contributed by atoms with Gasteiger partial charge in [0.15, 0.2) is 0 Å². The molecule has 1 aliphatic rings. The van der Waals surface area contributed by atoms with E-state index in [0.29, 0.717) is 43.8 Å². The number of carbonyl (C=O) groups excluding carboxylic acids is 2. The number of anilines is 1. The summed E-state index contributed by atoms with van der Waals surface area (Å²) < 4.78 is 37.3. The average Bonchev–Trinajstić information content (AvgIpc) is 3.62. The fourth-order valence-corrected chi connectivity index (χ4v) is 7.56. The van der Waals surface area contributed by atoms with E-state index in [-0.39, 0.29) is 18.2 Å². The highest BCUT2D eigenvalue weighted by atomic mass is 32.2. The molecule has 0 saturated heterocycles. The molecular formula is C33H42N6O5S. The molecule has 45 heavy (non-hydrogen) atoms. The van der Waals surface area contributed by atoms with E-state index in [1.807, 2.05) is 65.0 Å². The highest BCUT2D eigenvalue weighted by Crippen LogP contribution is 2.36. The minimum Gasteiger partial charge on any atom is -0.461 e. The Morgan fingerprint density at radius 2 is 1.89 bits per heavy atom. The molecule has 2 atom stereocenters. The van der Waals surface area contributed by atoms with Crippen molar-refractivity contribution in [3.05, 3.63) is 83.3 Å². The topological polar surface area (TPSA) is 128 Å². The maximum absolute atomic E-state index is 14.1. The predicted octanol–water partition coefficient (Wildman–Crippen LogP) is 3.65. The molecule has 1 amide bonds. The average molecular weight is 635 g/mol. The molecule has 5 rings (SSSR count). The van der Waals surface area contributed by atoms with Gasteiger partial charge in [0.25, 0.3) is 12.4 Å². The molecule has 2 aromatic heterocycles. The largest absolute Gasteiger partial charge is 0.461 e. The molecule has 0 fully saturated rings. The van der Waals surface area contributed by atoms with Gasteiger partial charge in [0.05, 0.1) is 29.2 Å². The van der Waals surface area contributed by atoms with E-state index < -0.39 is 22.2 Å². The van der Waals surface area contributed by atoms with Crippen LogP contribution in [0, 0.1) is 0 Å². The molecule has 3 heterocycles. The normalized spacial score (nSPS) is 15.4. The van der Waals surface area contributed by atoms with Crippen LogP contribution in [0.3, 0.4) is 0 Å². The number of amides is 1. The molecule has 0 radical (unpaired) electrons. The lowest BCUT2D eigenvalue weighted by molar-refractivity contribution is -0.134. The van der Waals surface area contributed by atoms with Crippen molar-refractivity contribution in [3.8, 4) is 0 Å². The lowest BCUT2D eigenvalue weighted by Gasteiger charge is -2.28. The highest BCUT2D eigenvalue weighted by molar-refractivity contribution is 7.92. The first kappa shape index (κ1) is 32.2. The van der Waals surface area contributed by atoms with Gasteiger partial charge in [0, 0.05) is 61.6 Å². The Morgan fingerprint density at radius 1 is 1.09 bits per heavy atom. The van der Waals surface area contributed by atoms with Crippen molar-refractivity contribution in [2.24, 2.45) is 0 Å². The number of hydrogen-bond acceptors (Lipinski definition) is 7. The Balaban J connectivity index is 1.47. The van der Waals surface area contributed by atoms with Crippen LogP contribution in [0.4, 0.5) is 5.69 Å². The van der Waals surface area contributed by atoms with E-state index in [0.717, 1.165) is 47.0 Å². The zero-order valence-corrected chi connectivity index (χ0v) is 26.9. The molecule has 2 N–H and O–H groups in total. The van der Waals surface area contributed by atoms with Gasteiger partial charge < -0.3 is 19.9 Å². The maximum Gasteiger partial charge on any atom is 0.293 e. The molecule has 12 heteroatoms. The molecule has 11 nitrogen and oxygen atoms in total. The Morgan fingerprint density at radius 3 is 2.58 bits per heavy atom. The minimum atomic E-state index is -3.57. The van der Waals surface area contributed by atoms with Crippen molar-refractivity contribution in [3.63, 3.8) is 0 Å². The number of aromatic nitrogens is 3. The number of aryl methyl sites for hydroxylation is 3.